The first-order valence-electron chi connectivity index (χ1n) is 4.35. The Morgan fingerprint density at radius 2 is 2.00 bits per heavy atom. The summed E-state index contributed by atoms with van der Waals surface area (Å²) in [6.07, 6.45) is -4.80. The first-order chi connectivity index (χ1) is 6.28. The molecule has 0 heterocycles. The second kappa shape index (κ2) is 5.19. The van der Waals surface area contributed by atoms with Gasteiger partial charge in [0.25, 0.3) is 0 Å². The Hall–Kier alpha value is -0.780. The van der Waals surface area contributed by atoms with Gasteiger partial charge in [-0.3, -0.25) is 4.79 Å². The molecule has 2 N–H and O–H groups in total. The molecule has 0 saturated heterocycles. The highest BCUT2D eigenvalue weighted by molar-refractivity contribution is 5.81. The molecule has 0 saturated carbocycles. The van der Waals surface area contributed by atoms with Gasteiger partial charge in [0.2, 0.25) is 5.91 Å². The molecule has 14 heavy (non-hydrogen) atoms. The Kier molecular flexibility index (Phi) is 4.90. The van der Waals surface area contributed by atoms with E-state index < -0.39 is 24.5 Å². The van der Waals surface area contributed by atoms with E-state index in [1.54, 1.807) is 6.92 Å². The summed E-state index contributed by atoms with van der Waals surface area (Å²) >= 11 is 0. The van der Waals surface area contributed by atoms with Crippen molar-refractivity contribution in [2.24, 2.45) is 5.73 Å². The van der Waals surface area contributed by atoms with Crippen molar-refractivity contribution in [2.45, 2.75) is 32.0 Å². The van der Waals surface area contributed by atoms with E-state index in [1.165, 1.54) is 7.05 Å². The number of amides is 1. The number of alkyl halides is 3. The fraction of sp³-hybridized carbons (Fsp3) is 0.875. The molecule has 0 bridgehead atoms. The topological polar surface area (TPSA) is 46.3 Å². The van der Waals surface area contributed by atoms with E-state index in [1.807, 2.05) is 0 Å². The van der Waals surface area contributed by atoms with Crippen molar-refractivity contribution < 1.29 is 18.0 Å². The summed E-state index contributed by atoms with van der Waals surface area (Å²) in [6, 6.07) is -0.701. The summed E-state index contributed by atoms with van der Waals surface area (Å²) in [6.45, 7) is 1.37. The number of carbonyl (C=O) groups is 1. The summed E-state index contributed by atoms with van der Waals surface area (Å²) in [5.41, 5.74) is 5.38. The van der Waals surface area contributed by atoms with Crippen LogP contribution in [0.5, 0.6) is 0 Å². The Labute approximate surface area is 81.1 Å². The van der Waals surface area contributed by atoms with Crippen LogP contribution in [0.15, 0.2) is 0 Å². The van der Waals surface area contributed by atoms with Crippen LogP contribution in [0.4, 0.5) is 13.2 Å². The SMILES string of the molecule is CC[C@H](N)C(=O)N(C)CCC(F)(F)F. The highest BCUT2D eigenvalue weighted by Crippen LogP contribution is 2.19. The molecule has 0 aromatic heterocycles. The zero-order valence-electron chi connectivity index (χ0n) is 8.27. The van der Waals surface area contributed by atoms with Gasteiger partial charge in [0.05, 0.1) is 12.5 Å². The molecular weight excluding hydrogens is 197 g/mol. The van der Waals surface area contributed by atoms with E-state index in [0.717, 1.165) is 4.90 Å². The van der Waals surface area contributed by atoms with E-state index in [4.69, 9.17) is 5.73 Å². The van der Waals surface area contributed by atoms with Gasteiger partial charge in [-0.05, 0) is 6.42 Å². The van der Waals surface area contributed by atoms with Crippen molar-refractivity contribution in [1.29, 1.82) is 0 Å². The molecule has 0 aromatic rings. The Balaban J connectivity index is 3.97. The van der Waals surface area contributed by atoms with Crippen LogP contribution in [0.25, 0.3) is 0 Å². The van der Waals surface area contributed by atoms with Crippen molar-refractivity contribution in [2.75, 3.05) is 13.6 Å². The molecule has 6 heteroatoms. The van der Waals surface area contributed by atoms with Crippen molar-refractivity contribution in [1.82, 2.24) is 4.90 Å². The fourth-order valence-corrected chi connectivity index (χ4v) is 0.862. The van der Waals surface area contributed by atoms with Crippen LogP contribution >= 0.6 is 0 Å². The number of nitrogens with two attached hydrogens (primary N) is 1. The van der Waals surface area contributed by atoms with Gasteiger partial charge in [0.15, 0.2) is 0 Å². The lowest BCUT2D eigenvalue weighted by molar-refractivity contribution is -0.144. The molecule has 0 radical (unpaired) electrons. The first-order valence-corrected chi connectivity index (χ1v) is 4.35. The smallest absolute Gasteiger partial charge is 0.344 e. The number of hydrogen-bond acceptors (Lipinski definition) is 2. The molecule has 84 valence electrons. The molecule has 0 aliphatic rings. The summed E-state index contributed by atoms with van der Waals surface area (Å²) in [5.74, 6) is -0.447. The average molecular weight is 212 g/mol. The van der Waals surface area contributed by atoms with Gasteiger partial charge in [-0.1, -0.05) is 6.92 Å². The third-order valence-electron chi connectivity index (χ3n) is 1.86. The average Bonchev–Trinajstić information content (AvgIpc) is 2.10. The maximum absolute atomic E-state index is 11.8. The Morgan fingerprint density at radius 1 is 1.50 bits per heavy atom. The number of nitrogens with zero attached hydrogens (tertiary/aromatic N) is 1. The summed E-state index contributed by atoms with van der Waals surface area (Å²) < 4.78 is 35.4. The van der Waals surface area contributed by atoms with Crippen LogP contribution in [-0.2, 0) is 4.79 Å². The number of likely N-dealkylation sites (N-methyl/N-ethyl adjacent to an activating group) is 1. The van der Waals surface area contributed by atoms with Crippen molar-refractivity contribution in [3.8, 4) is 0 Å². The molecule has 0 aliphatic carbocycles. The van der Waals surface area contributed by atoms with E-state index in [0.29, 0.717) is 6.42 Å². The fourth-order valence-electron chi connectivity index (χ4n) is 0.862. The summed E-state index contributed by atoms with van der Waals surface area (Å²) in [4.78, 5) is 12.2. The zero-order chi connectivity index (χ0) is 11.4. The minimum Gasteiger partial charge on any atom is -0.344 e. The summed E-state index contributed by atoms with van der Waals surface area (Å²) in [5, 5.41) is 0. The minimum absolute atomic E-state index is 0.337. The standard InChI is InChI=1S/C8H15F3N2O/c1-3-6(12)7(14)13(2)5-4-8(9,10)11/h6H,3-5,12H2,1-2H3/t6-/m0/s1. The van der Waals surface area contributed by atoms with Gasteiger partial charge in [-0.15, -0.1) is 0 Å². The molecule has 0 spiro atoms. The predicted molar refractivity (Wildman–Crippen MR) is 46.6 cm³/mol. The van der Waals surface area contributed by atoms with Crippen LogP contribution in [0.3, 0.4) is 0 Å². The van der Waals surface area contributed by atoms with Gasteiger partial charge in [-0.25, -0.2) is 0 Å². The van der Waals surface area contributed by atoms with E-state index in [-0.39, 0.29) is 6.54 Å². The molecular formula is C8H15F3N2O. The minimum atomic E-state index is -4.23. The lowest BCUT2D eigenvalue weighted by Gasteiger charge is -2.21. The monoisotopic (exact) mass is 212 g/mol. The van der Waals surface area contributed by atoms with Crippen molar-refractivity contribution in [3.63, 3.8) is 0 Å². The van der Waals surface area contributed by atoms with E-state index in [2.05, 4.69) is 0 Å². The molecule has 0 fully saturated rings. The lowest BCUT2D eigenvalue weighted by Crippen LogP contribution is -2.42. The molecule has 1 atom stereocenters. The Morgan fingerprint density at radius 3 is 2.36 bits per heavy atom. The van der Waals surface area contributed by atoms with Crippen LogP contribution in [0.1, 0.15) is 19.8 Å². The predicted octanol–water partition coefficient (Wildman–Crippen LogP) is 1.13. The van der Waals surface area contributed by atoms with E-state index >= 15 is 0 Å². The molecule has 0 unspecified atom stereocenters. The van der Waals surface area contributed by atoms with Gasteiger partial charge in [0.1, 0.15) is 0 Å². The highest BCUT2D eigenvalue weighted by Gasteiger charge is 2.28. The number of hydrogen-bond donors (Lipinski definition) is 1. The molecule has 0 aromatic carbocycles. The highest BCUT2D eigenvalue weighted by atomic mass is 19.4. The van der Waals surface area contributed by atoms with Gasteiger partial charge in [0, 0.05) is 13.6 Å². The maximum Gasteiger partial charge on any atom is 0.390 e. The second-order valence-electron chi connectivity index (χ2n) is 3.14. The quantitative estimate of drug-likeness (QED) is 0.759. The van der Waals surface area contributed by atoms with Crippen LogP contribution < -0.4 is 5.73 Å². The van der Waals surface area contributed by atoms with Crippen LogP contribution in [-0.4, -0.2) is 36.6 Å². The van der Waals surface area contributed by atoms with Crippen molar-refractivity contribution in [3.05, 3.63) is 0 Å². The van der Waals surface area contributed by atoms with E-state index in [9.17, 15) is 18.0 Å². The van der Waals surface area contributed by atoms with Crippen LogP contribution in [0, 0.1) is 0 Å². The molecule has 0 aliphatic heterocycles. The normalized spacial score (nSPS) is 13.9. The van der Waals surface area contributed by atoms with Crippen LogP contribution in [0.2, 0.25) is 0 Å². The largest absolute Gasteiger partial charge is 0.390 e. The Bertz CT molecular complexity index is 194. The van der Waals surface area contributed by atoms with Gasteiger partial charge in [-0.2, -0.15) is 13.2 Å². The van der Waals surface area contributed by atoms with Crippen molar-refractivity contribution >= 4 is 5.91 Å². The third kappa shape index (κ3) is 5.06. The number of carbonyl (C=O) groups excluding carboxylic acids is 1. The molecule has 1 amide bonds. The zero-order valence-corrected chi connectivity index (χ0v) is 8.27. The second-order valence-corrected chi connectivity index (χ2v) is 3.14. The first kappa shape index (κ1) is 13.2. The lowest BCUT2D eigenvalue weighted by atomic mass is 10.2. The third-order valence-corrected chi connectivity index (χ3v) is 1.86. The van der Waals surface area contributed by atoms with Gasteiger partial charge < -0.3 is 10.6 Å². The van der Waals surface area contributed by atoms with Gasteiger partial charge >= 0.3 is 6.18 Å². The summed E-state index contributed by atoms with van der Waals surface area (Å²) in [7, 11) is 1.32. The molecule has 0 rings (SSSR count). The molecule has 3 nitrogen and oxygen atoms in total. The number of rotatable bonds is 4. The maximum atomic E-state index is 11.8. The number of halogens is 3.